The van der Waals surface area contributed by atoms with Gasteiger partial charge in [0.25, 0.3) is 5.91 Å². The van der Waals surface area contributed by atoms with E-state index in [4.69, 9.17) is 5.11 Å². The van der Waals surface area contributed by atoms with Gasteiger partial charge in [0.1, 0.15) is 11.6 Å². The molecule has 1 atom stereocenters. The van der Waals surface area contributed by atoms with Crippen LogP contribution >= 0.6 is 0 Å². The number of nitrogens with one attached hydrogen (secondary N) is 1. The van der Waals surface area contributed by atoms with Gasteiger partial charge >= 0.3 is 5.97 Å². The number of rotatable bonds is 5. The molecule has 0 fully saturated rings. The van der Waals surface area contributed by atoms with Gasteiger partial charge in [-0.2, -0.15) is 0 Å². The minimum Gasteiger partial charge on any atom is -0.480 e. The summed E-state index contributed by atoms with van der Waals surface area (Å²) in [7, 11) is 1.26. The van der Waals surface area contributed by atoms with E-state index in [1.807, 2.05) is 0 Å². The van der Waals surface area contributed by atoms with E-state index in [1.165, 1.54) is 7.11 Å². The lowest BCUT2D eigenvalue weighted by Crippen LogP contribution is -2.44. The second-order valence-electron chi connectivity index (χ2n) is 3.44. The normalized spacial score (nSPS) is 11.9. The van der Waals surface area contributed by atoms with Gasteiger partial charge in [0.15, 0.2) is 6.04 Å². The lowest BCUT2D eigenvalue weighted by atomic mass is 10.2. The number of methoxy groups -OCH3 is 1. The number of benzene rings is 1. The quantitative estimate of drug-likeness (QED) is 0.819. The molecule has 1 amide bonds. The first kappa shape index (κ1) is 14.0. The fourth-order valence-electron chi connectivity index (χ4n) is 1.25. The van der Waals surface area contributed by atoms with Crippen LogP contribution < -0.4 is 5.32 Å². The molecule has 98 valence electrons. The van der Waals surface area contributed by atoms with E-state index < -0.39 is 35.1 Å². The van der Waals surface area contributed by atoms with Crippen LogP contribution in [0, 0.1) is 11.6 Å². The Morgan fingerprint density at radius 1 is 1.44 bits per heavy atom. The summed E-state index contributed by atoms with van der Waals surface area (Å²) in [6, 6.07) is 1.09. The third-order valence-electron chi connectivity index (χ3n) is 2.11. The maximum Gasteiger partial charge on any atom is 0.328 e. The van der Waals surface area contributed by atoms with Crippen molar-refractivity contribution in [2.75, 3.05) is 13.7 Å². The van der Waals surface area contributed by atoms with Gasteiger partial charge < -0.3 is 15.2 Å². The van der Waals surface area contributed by atoms with Crippen LogP contribution in [-0.4, -0.2) is 36.7 Å². The summed E-state index contributed by atoms with van der Waals surface area (Å²) in [5, 5.41) is 10.8. The molecule has 0 saturated carbocycles. The Kier molecular flexibility index (Phi) is 4.73. The van der Waals surface area contributed by atoms with E-state index >= 15 is 0 Å². The molecule has 0 aliphatic heterocycles. The van der Waals surface area contributed by atoms with Gasteiger partial charge in [-0.1, -0.05) is 0 Å². The number of carbonyl (C=O) groups excluding carboxylic acids is 1. The van der Waals surface area contributed by atoms with Crippen molar-refractivity contribution >= 4 is 11.9 Å². The lowest BCUT2D eigenvalue weighted by molar-refractivity contribution is -0.140. The molecule has 1 unspecified atom stereocenters. The number of carboxylic acids is 1. The van der Waals surface area contributed by atoms with E-state index in [9.17, 15) is 18.4 Å². The SMILES string of the molecule is COCC(NC(=O)c1ccc(F)cc1F)C(=O)O. The number of hydrogen-bond donors (Lipinski definition) is 2. The summed E-state index contributed by atoms with van der Waals surface area (Å²) in [6.45, 7) is -0.260. The fraction of sp³-hybridized carbons (Fsp3) is 0.273. The van der Waals surface area contributed by atoms with E-state index in [-0.39, 0.29) is 6.61 Å². The molecule has 2 N–H and O–H groups in total. The van der Waals surface area contributed by atoms with Crippen molar-refractivity contribution < 1.29 is 28.2 Å². The first-order chi connectivity index (χ1) is 8.45. The average Bonchev–Trinajstić information content (AvgIpc) is 2.27. The van der Waals surface area contributed by atoms with E-state index in [0.717, 1.165) is 12.1 Å². The minimum atomic E-state index is -1.31. The highest BCUT2D eigenvalue weighted by atomic mass is 19.1. The zero-order chi connectivity index (χ0) is 13.7. The average molecular weight is 259 g/mol. The van der Waals surface area contributed by atoms with Gasteiger partial charge in [-0.15, -0.1) is 0 Å². The molecule has 18 heavy (non-hydrogen) atoms. The number of ether oxygens (including phenoxy) is 1. The number of aliphatic carboxylic acids is 1. The number of halogens is 2. The second-order valence-corrected chi connectivity index (χ2v) is 3.44. The summed E-state index contributed by atoms with van der Waals surface area (Å²) in [4.78, 5) is 22.3. The van der Waals surface area contributed by atoms with Crippen molar-refractivity contribution in [1.82, 2.24) is 5.32 Å². The van der Waals surface area contributed by atoms with Crippen molar-refractivity contribution in [3.63, 3.8) is 0 Å². The zero-order valence-corrected chi connectivity index (χ0v) is 9.44. The number of carboxylic acid groups (broad SMARTS) is 1. The summed E-state index contributed by atoms with van der Waals surface area (Å²) in [6.07, 6.45) is 0. The molecule has 0 radical (unpaired) electrons. The first-order valence-electron chi connectivity index (χ1n) is 4.93. The molecule has 0 aliphatic carbocycles. The Bertz CT molecular complexity index is 464. The minimum absolute atomic E-state index is 0.260. The molecular weight excluding hydrogens is 248 g/mol. The molecule has 0 saturated heterocycles. The predicted molar refractivity (Wildman–Crippen MR) is 57.1 cm³/mol. The summed E-state index contributed by atoms with van der Waals surface area (Å²) in [5.41, 5.74) is -0.432. The molecule has 0 aromatic heterocycles. The summed E-state index contributed by atoms with van der Waals surface area (Å²) in [5.74, 6) is -4.14. The van der Waals surface area contributed by atoms with Gasteiger partial charge in [-0.25, -0.2) is 13.6 Å². The highest BCUT2D eigenvalue weighted by molar-refractivity contribution is 5.96. The number of amides is 1. The Hall–Kier alpha value is -2.02. The Morgan fingerprint density at radius 3 is 2.61 bits per heavy atom. The van der Waals surface area contributed by atoms with Crippen molar-refractivity contribution in [2.45, 2.75) is 6.04 Å². The monoisotopic (exact) mass is 259 g/mol. The molecule has 0 heterocycles. The topological polar surface area (TPSA) is 75.6 Å². The van der Waals surface area contributed by atoms with Gasteiger partial charge in [-0.3, -0.25) is 4.79 Å². The van der Waals surface area contributed by atoms with Crippen molar-refractivity contribution in [1.29, 1.82) is 0 Å². The predicted octanol–water partition coefficient (Wildman–Crippen LogP) is 0.794. The van der Waals surface area contributed by atoms with Crippen LogP contribution in [0.5, 0.6) is 0 Å². The van der Waals surface area contributed by atoms with Crippen LogP contribution in [0.2, 0.25) is 0 Å². The molecule has 1 rings (SSSR count). The number of carbonyl (C=O) groups is 2. The Morgan fingerprint density at radius 2 is 2.11 bits per heavy atom. The van der Waals surface area contributed by atoms with Crippen LogP contribution in [0.1, 0.15) is 10.4 Å². The molecule has 0 spiro atoms. The maximum atomic E-state index is 13.3. The molecule has 0 aliphatic rings. The van der Waals surface area contributed by atoms with Crippen LogP contribution in [0.15, 0.2) is 18.2 Å². The second kappa shape index (κ2) is 6.06. The zero-order valence-electron chi connectivity index (χ0n) is 9.44. The number of hydrogen-bond acceptors (Lipinski definition) is 3. The van der Waals surface area contributed by atoms with Crippen LogP contribution in [0.3, 0.4) is 0 Å². The van der Waals surface area contributed by atoms with Crippen molar-refractivity contribution in [2.24, 2.45) is 0 Å². The molecule has 0 bridgehead atoms. The van der Waals surface area contributed by atoms with Gasteiger partial charge in [0, 0.05) is 13.2 Å². The highest BCUT2D eigenvalue weighted by Crippen LogP contribution is 2.09. The maximum absolute atomic E-state index is 13.3. The molecular formula is C11H11F2NO4. The molecule has 5 nitrogen and oxygen atoms in total. The van der Waals surface area contributed by atoms with Crippen LogP contribution in [0.4, 0.5) is 8.78 Å². The van der Waals surface area contributed by atoms with Crippen LogP contribution in [0.25, 0.3) is 0 Å². The van der Waals surface area contributed by atoms with Crippen molar-refractivity contribution in [3.05, 3.63) is 35.4 Å². The molecule has 7 heteroatoms. The van der Waals surface area contributed by atoms with E-state index in [1.54, 1.807) is 0 Å². The Balaban J connectivity index is 2.83. The van der Waals surface area contributed by atoms with Crippen LogP contribution in [-0.2, 0) is 9.53 Å². The van der Waals surface area contributed by atoms with Gasteiger partial charge in [-0.05, 0) is 12.1 Å². The van der Waals surface area contributed by atoms with Gasteiger partial charge in [0.05, 0.1) is 12.2 Å². The van der Waals surface area contributed by atoms with Gasteiger partial charge in [0.2, 0.25) is 0 Å². The molecule has 1 aromatic rings. The van der Waals surface area contributed by atoms with E-state index in [0.29, 0.717) is 6.07 Å². The smallest absolute Gasteiger partial charge is 0.328 e. The highest BCUT2D eigenvalue weighted by Gasteiger charge is 2.22. The lowest BCUT2D eigenvalue weighted by Gasteiger charge is -2.13. The molecule has 1 aromatic carbocycles. The standard InChI is InChI=1S/C11H11F2NO4/c1-18-5-9(11(16)17)14-10(15)7-3-2-6(12)4-8(7)13/h2-4,9H,5H2,1H3,(H,14,15)(H,16,17). The fourth-order valence-corrected chi connectivity index (χ4v) is 1.25. The summed E-state index contributed by atoms with van der Waals surface area (Å²) < 4.78 is 30.5. The third kappa shape index (κ3) is 3.49. The van der Waals surface area contributed by atoms with Crippen molar-refractivity contribution in [3.8, 4) is 0 Å². The summed E-state index contributed by atoms with van der Waals surface area (Å²) >= 11 is 0. The third-order valence-corrected chi connectivity index (χ3v) is 2.11. The Labute approximate surface area is 101 Å². The van der Waals surface area contributed by atoms with E-state index in [2.05, 4.69) is 10.1 Å². The first-order valence-corrected chi connectivity index (χ1v) is 4.93. The largest absolute Gasteiger partial charge is 0.480 e.